The smallest absolute Gasteiger partial charge is 0.321 e. The number of nitrogens with zero attached hydrogens (tertiary/aromatic N) is 1. The molecule has 0 heterocycles. The fraction of sp³-hybridized carbons (Fsp3) is 0.364. The van der Waals surface area contributed by atoms with Crippen molar-refractivity contribution in [3.63, 3.8) is 0 Å². The molecular weight excluding hydrogens is 304 g/mol. The highest BCUT2D eigenvalue weighted by Gasteiger charge is 2.26. The number of hydrogen-bond acceptors (Lipinski definition) is 6. The van der Waals surface area contributed by atoms with Crippen LogP contribution in [0.3, 0.4) is 0 Å². The Morgan fingerprint density at radius 1 is 1.52 bits per heavy atom. The first-order valence-electron chi connectivity index (χ1n) is 5.80. The van der Waals surface area contributed by atoms with Gasteiger partial charge in [0.15, 0.2) is 5.75 Å². The Balaban J connectivity index is 3.23. The van der Waals surface area contributed by atoms with E-state index in [1.54, 1.807) is 0 Å². The molecule has 0 aliphatic heterocycles. The van der Waals surface area contributed by atoms with Crippen molar-refractivity contribution in [2.75, 3.05) is 7.11 Å². The number of nitro groups is 1. The maximum Gasteiger partial charge on any atom is 0.321 e. The first kappa shape index (κ1) is 16.9. The van der Waals surface area contributed by atoms with Gasteiger partial charge in [-0.2, -0.15) is 4.72 Å². The zero-order valence-corrected chi connectivity index (χ0v) is 12.1. The van der Waals surface area contributed by atoms with E-state index in [4.69, 9.17) is 9.84 Å². The molecule has 0 saturated carbocycles. The normalized spacial score (nSPS) is 12.7. The molecule has 9 nitrogen and oxygen atoms in total. The van der Waals surface area contributed by atoms with Gasteiger partial charge in [0.25, 0.3) is 0 Å². The van der Waals surface area contributed by atoms with Crippen molar-refractivity contribution in [2.45, 2.75) is 24.3 Å². The number of benzene rings is 1. The summed E-state index contributed by atoms with van der Waals surface area (Å²) in [6, 6.07) is 1.74. The summed E-state index contributed by atoms with van der Waals surface area (Å²) in [5.41, 5.74) is -0.524. The molecule has 0 aromatic heterocycles. The Morgan fingerprint density at radius 3 is 2.57 bits per heavy atom. The first-order valence-corrected chi connectivity index (χ1v) is 7.28. The number of carbonyl (C=O) groups is 1. The molecule has 10 heteroatoms. The van der Waals surface area contributed by atoms with Gasteiger partial charge in [0.1, 0.15) is 6.04 Å². The van der Waals surface area contributed by atoms with Crippen molar-refractivity contribution >= 4 is 21.7 Å². The standard InChI is InChI=1S/C11H14N2O7S/c1-3-8(11(14)15)12-21(18,19)7-4-5-10(20-2)9(6-7)13(16)17/h4-6,8,12H,3H2,1-2H3,(H,14,15). The summed E-state index contributed by atoms with van der Waals surface area (Å²) in [6.07, 6.45) is 0.0345. The Kier molecular flexibility index (Phi) is 5.22. The number of aliphatic carboxylic acids is 1. The Morgan fingerprint density at radius 2 is 2.14 bits per heavy atom. The number of nitro benzene ring substituents is 1. The van der Waals surface area contributed by atoms with Crippen LogP contribution in [0.15, 0.2) is 23.1 Å². The second-order valence-electron chi connectivity index (χ2n) is 4.01. The number of nitrogens with one attached hydrogen (secondary N) is 1. The largest absolute Gasteiger partial charge is 0.490 e. The lowest BCUT2D eigenvalue weighted by Crippen LogP contribution is -2.40. The van der Waals surface area contributed by atoms with Crippen molar-refractivity contribution in [1.29, 1.82) is 0 Å². The van der Waals surface area contributed by atoms with Crippen molar-refractivity contribution < 1.29 is 28.0 Å². The van der Waals surface area contributed by atoms with Crippen LogP contribution in [0.25, 0.3) is 0 Å². The van der Waals surface area contributed by atoms with Crippen LogP contribution in [0.2, 0.25) is 0 Å². The molecule has 2 N–H and O–H groups in total. The highest BCUT2D eigenvalue weighted by Crippen LogP contribution is 2.29. The zero-order valence-electron chi connectivity index (χ0n) is 11.3. The van der Waals surface area contributed by atoms with Crippen molar-refractivity contribution in [3.8, 4) is 5.75 Å². The minimum atomic E-state index is -4.19. The van der Waals surface area contributed by atoms with E-state index in [0.717, 1.165) is 18.2 Å². The van der Waals surface area contributed by atoms with E-state index in [1.165, 1.54) is 14.0 Å². The maximum atomic E-state index is 12.0. The lowest BCUT2D eigenvalue weighted by molar-refractivity contribution is -0.386. The van der Waals surface area contributed by atoms with Gasteiger partial charge in [0.05, 0.1) is 16.9 Å². The van der Waals surface area contributed by atoms with Gasteiger partial charge in [-0.25, -0.2) is 8.42 Å². The van der Waals surface area contributed by atoms with E-state index in [9.17, 15) is 23.3 Å². The maximum absolute atomic E-state index is 12.0. The van der Waals surface area contributed by atoms with Gasteiger partial charge >= 0.3 is 11.7 Å². The third-order valence-corrected chi connectivity index (χ3v) is 4.13. The lowest BCUT2D eigenvalue weighted by Gasteiger charge is -2.13. The average Bonchev–Trinajstić information content (AvgIpc) is 2.43. The summed E-state index contributed by atoms with van der Waals surface area (Å²) < 4.78 is 30.8. The molecule has 116 valence electrons. The second-order valence-corrected chi connectivity index (χ2v) is 5.73. The third-order valence-electron chi connectivity index (χ3n) is 2.66. The number of carboxylic acid groups (broad SMARTS) is 1. The van der Waals surface area contributed by atoms with E-state index < -0.39 is 37.5 Å². The molecule has 1 aromatic rings. The average molecular weight is 318 g/mol. The summed E-state index contributed by atoms with van der Waals surface area (Å²) >= 11 is 0. The van der Waals surface area contributed by atoms with Gasteiger partial charge in [-0.3, -0.25) is 14.9 Å². The minimum absolute atomic E-state index is 0.0345. The highest BCUT2D eigenvalue weighted by molar-refractivity contribution is 7.89. The first-order chi connectivity index (χ1) is 9.72. The van der Waals surface area contributed by atoms with Crippen LogP contribution >= 0.6 is 0 Å². The van der Waals surface area contributed by atoms with Crippen LogP contribution in [-0.2, 0) is 14.8 Å². The minimum Gasteiger partial charge on any atom is -0.490 e. The van der Waals surface area contributed by atoms with Gasteiger partial charge in [0.2, 0.25) is 10.0 Å². The van der Waals surface area contributed by atoms with Gasteiger partial charge in [0, 0.05) is 6.07 Å². The number of methoxy groups -OCH3 is 1. The van der Waals surface area contributed by atoms with Gasteiger partial charge < -0.3 is 9.84 Å². The van der Waals surface area contributed by atoms with Crippen molar-refractivity contribution in [3.05, 3.63) is 28.3 Å². The molecule has 0 spiro atoms. The van der Waals surface area contributed by atoms with E-state index in [0.29, 0.717) is 0 Å². The van der Waals surface area contributed by atoms with Crippen LogP contribution in [-0.4, -0.2) is 37.6 Å². The number of hydrogen-bond donors (Lipinski definition) is 2. The van der Waals surface area contributed by atoms with Crippen molar-refractivity contribution in [1.82, 2.24) is 4.72 Å². The predicted octanol–water partition coefficient (Wildman–Crippen LogP) is 0.745. The molecule has 0 bridgehead atoms. The molecule has 0 aliphatic carbocycles. The molecule has 1 aromatic carbocycles. The Bertz CT molecular complexity index is 657. The van der Waals surface area contributed by atoms with Gasteiger partial charge in [-0.05, 0) is 18.6 Å². The monoisotopic (exact) mass is 318 g/mol. The molecule has 0 aliphatic rings. The zero-order chi connectivity index (χ0) is 16.2. The second kappa shape index (κ2) is 6.50. The molecule has 1 unspecified atom stereocenters. The van der Waals surface area contributed by atoms with Gasteiger partial charge in [-0.15, -0.1) is 0 Å². The molecule has 1 rings (SSSR count). The third kappa shape index (κ3) is 3.89. The quantitative estimate of drug-likeness (QED) is 0.559. The molecule has 0 radical (unpaired) electrons. The number of rotatable bonds is 7. The fourth-order valence-electron chi connectivity index (χ4n) is 1.54. The molecule has 0 saturated heterocycles. The predicted molar refractivity (Wildman–Crippen MR) is 71.7 cm³/mol. The molecular formula is C11H14N2O7S. The van der Waals surface area contributed by atoms with E-state index in [-0.39, 0.29) is 12.2 Å². The number of carboxylic acids is 1. The van der Waals surface area contributed by atoms with Crippen LogP contribution in [0.1, 0.15) is 13.3 Å². The van der Waals surface area contributed by atoms with E-state index >= 15 is 0 Å². The summed E-state index contributed by atoms with van der Waals surface area (Å²) in [5, 5.41) is 19.7. The van der Waals surface area contributed by atoms with Crippen LogP contribution in [0.4, 0.5) is 5.69 Å². The molecule has 1 atom stereocenters. The topological polar surface area (TPSA) is 136 Å². The Hall–Kier alpha value is -2.20. The summed E-state index contributed by atoms with van der Waals surface area (Å²) in [7, 11) is -2.97. The van der Waals surface area contributed by atoms with Gasteiger partial charge in [-0.1, -0.05) is 6.92 Å². The Labute approximate surface area is 120 Å². The SMILES string of the molecule is CCC(NS(=O)(=O)c1ccc(OC)c([N+](=O)[O-])c1)C(=O)O. The lowest BCUT2D eigenvalue weighted by atomic mass is 10.2. The molecule has 0 amide bonds. The fourth-order valence-corrected chi connectivity index (χ4v) is 2.84. The van der Waals surface area contributed by atoms with Crippen LogP contribution < -0.4 is 9.46 Å². The van der Waals surface area contributed by atoms with E-state index in [2.05, 4.69) is 0 Å². The van der Waals surface area contributed by atoms with Crippen molar-refractivity contribution in [2.24, 2.45) is 0 Å². The number of ether oxygens (including phenoxy) is 1. The van der Waals surface area contributed by atoms with E-state index in [1.807, 2.05) is 4.72 Å². The highest BCUT2D eigenvalue weighted by atomic mass is 32.2. The number of sulfonamides is 1. The van der Waals surface area contributed by atoms with Crippen LogP contribution in [0, 0.1) is 10.1 Å². The summed E-state index contributed by atoms with van der Waals surface area (Å²) in [5.74, 6) is -1.42. The molecule has 21 heavy (non-hydrogen) atoms. The summed E-state index contributed by atoms with van der Waals surface area (Å²) in [6.45, 7) is 1.50. The molecule has 0 fully saturated rings. The summed E-state index contributed by atoms with van der Waals surface area (Å²) in [4.78, 5) is 20.5. The van der Waals surface area contributed by atoms with Crippen LogP contribution in [0.5, 0.6) is 5.75 Å².